The Morgan fingerprint density at radius 3 is 2.94 bits per heavy atom. The Kier molecular flexibility index (Phi) is 3.45. The maximum absolute atomic E-state index is 4.60. The van der Waals surface area contributed by atoms with E-state index >= 15 is 0 Å². The fourth-order valence-electron chi connectivity index (χ4n) is 2.38. The number of hydrogen-bond acceptors (Lipinski definition) is 4. The molecule has 0 spiro atoms. The smallest absolute Gasteiger partial charge is 0.107 e. The molecular weight excluding hydrogens is 244 g/mol. The molecule has 2 aromatic rings. The Hall–Kier alpha value is -1.17. The summed E-state index contributed by atoms with van der Waals surface area (Å²) in [6, 6.07) is 4.23. The molecule has 0 atom stereocenters. The second-order valence-electron chi connectivity index (χ2n) is 4.68. The highest BCUT2D eigenvalue weighted by Crippen LogP contribution is 2.27. The van der Waals surface area contributed by atoms with Gasteiger partial charge < -0.3 is 5.32 Å². The molecular formula is C13H18N4S. The molecule has 96 valence electrons. The molecule has 1 N–H and O–H groups in total. The minimum absolute atomic E-state index is 1.00. The van der Waals surface area contributed by atoms with Gasteiger partial charge in [-0.2, -0.15) is 5.10 Å². The van der Waals surface area contributed by atoms with E-state index in [2.05, 4.69) is 39.0 Å². The van der Waals surface area contributed by atoms with Crippen molar-refractivity contribution in [3.05, 3.63) is 29.3 Å². The molecule has 1 saturated heterocycles. The van der Waals surface area contributed by atoms with Gasteiger partial charge in [0, 0.05) is 51.5 Å². The largest absolute Gasteiger partial charge is 0.314 e. The molecule has 1 fully saturated rings. The van der Waals surface area contributed by atoms with Crippen LogP contribution in [0.5, 0.6) is 0 Å². The Morgan fingerprint density at radius 1 is 1.39 bits per heavy atom. The first-order chi connectivity index (χ1) is 8.83. The monoisotopic (exact) mass is 262 g/mol. The number of rotatable bonds is 3. The number of aryl methyl sites for hydroxylation is 1. The average molecular weight is 262 g/mol. The zero-order valence-electron chi connectivity index (χ0n) is 10.6. The molecule has 0 aliphatic carbocycles. The third-order valence-corrected chi connectivity index (χ3v) is 4.14. The van der Waals surface area contributed by atoms with E-state index in [1.807, 2.05) is 11.7 Å². The molecule has 5 heteroatoms. The van der Waals surface area contributed by atoms with E-state index in [1.165, 1.54) is 10.4 Å². The molecule has 0 radical (unpaired) electrons. The van der Waals surface area contributed by atoms with Crippen molar-refractivity contribution >= 4 is 11.3 Å². The van der Waals surface area contributed by atoms with E-state index in [0.717, 1.165) is 38.4 Å². The second-order valence-corrected chi connectivity index (χ2v) is 5.63. The fourth-order valence-corrected chi connectivity index (χ4v) is 3.13. The first kappa shape index (κ1) is 11.9. The molecule has 18 heavy (non-hydrogen) atoms. The predicted octanol–water partition coefficient (Wildman–Crippen LogP) is 1.55. The lowest BCUT2D eigenvalue weighted by Crippen LogP contribution is -2.42. The van der Waals surface area contributed by atoms with Crippen LogP contribution < -0.4 is 5.32 Å². The lowest BCUT2D eigenvalue weighted by molar-refractivity contribution is 0.233. The molecule has 2 aromatic heterocycles. The van der Waals surface area contributed by atoms with E-state index in [9.17, 15) is 0 Å². The van der Waals surface area contributed by atoms with Crippen molar-refractivity contribution in [2.24, 2.45) is 7.05 Å². The fraction of sp³-hybridized carbons (Fsp3) is 0.462. The molecule has 0 saturated carbocycles. The maximum atomic E-state index is 4.60. The lowest BCUT2D eigenvalue weighted by atomic mass is 10.2. The third kappa shape index (κ3) is 2.48. The van der Waals surface area contributed by atoms with Crippen LogP contribution in [0.25, 0.3) is 10.6 Å². The Labute approximate surface area is 111 Å². The second kappa shape index (κ2) is 5.22. The average Bonchev–Trinajstić information content (AvgIpc) is 3.00. The van der Waals surface area contributed by atoms with Gasteiger partial charge in [-0.15, -0.1) is 11.3 Å². The third-order valence-electron chi connectivity index (χ3n) is 3.26. The summed E-state index contributed by atoms with van der Waals surface area (Å²) < 4.78 is 1.92. The minimum atomic E-state index is 1.00. The normalized spacial score (nSPS) is 17.2. The number of piperazine rings is 1. The van der Waals surface area contributed by atoms with Crippen molar-refractivity contribution in [2.45, 2.75) is 6.54 Å². The van der Waals surface area contributed by atoms with Gasteiger partial charge in [0.2, 0.25) is 0 Å². The van der Waals surface area contributed by atoms with Crippen LogP contribution in [-0.2, 0) is 13.6 Å². The van der Waals surface area contributed by atoms with Crippen LogP contribution in [0, 0.1) is 0 Å². The summed E-state index contributed by atoms with van der Waals surface area (Å²) in [5.41, 5.74) is 2.48. The predicted molar refractivity (Wildman–Crippen MR) is 74.7 cm³/mol. The molecule has 1 aliphatic heterocycles. The van der Waals surface area contributed by atoms with E-state index < -0.39 is 0 Å². The van der Waals surface area contributed by atoms with Crippen LogP contribution in [0.4, 0.5) is 0 Å². The molecule has 0 aromatic carbocycles. The maximum Gasteiger partial charge on any atom is 0.107 e. The van der Waals surface area contributed by atoms with Gasteiger partial charge in [0.05, 0.1) is 4.88 Å². The SMILES string of the molecule is Cn1cc(CN2CCNCC2)c(-c2cccs2)n1. The van der Waals surface area contributed by atoms with E-state index in [1.54, 1.807) is 11.3 Å². The summed E-state index contributed by atoms with van der Waals surface area (Å²) in [6.07, 6.45) is 2.15. The highest BCUT2D eigenvalue weighted by molar-refractivity contribution is 7.13. The molecule has 3 rings (SSSR count). The minimum Gasteiger partial charge on any atom is -0.314 e. The van der Waals surface area contributed by atoms with Crippen molar-refractivity contribution in [1.29, 1.82) is 0 Å². The highest BCUT2D eigenvalue weighted by Gasteiger charge is 2.16. The molecule has 1 aliphatic rings. The van der Waals surface area contributed by atoms with Gasteiger partial charge in [-0.25, -0.2) is 0 Å². The number of hydrogen-bond donors (Lipinski definition) is 1. The highest BCUT2D eigenvalue weighted by atomic mass is 32.1. The van der Waals surface area contributed by atoms with Gasteiger partial charge in [-0.05, 0) is 11.4 Å². The number of nitrogens with one attached hydrogen (secondary N) is 1. The quantitative estimate of drug-likeness (QED) is 0.911. The van der Waals surface area contributed by atoms with Crippen LogP contribution in [0.1, 0.15) is 5.56 Å². The van der Waals surface area contributed by atoms with Crippen LogP contribution in [0.3, 0.4) is 0 Å². The van der Waals surface area contributed by atoms with Crippen molar-refractivity contribution in [3.8, 4) is 10.6 Å². The van der Waals surface area contributed by atoms with Gasteiger partial charge in [0.25, 0.3) is 0 Å². The summed E-state index contributed by atoms with van der Waals surface area (Å²) in [7, 11) is 2.00. The Bertz CT molecular complexity index is 497. The Balaban J connectivity index is 1.82. The summed E-state index contributed by atoms with van der Waals surface area (Å²) >= 11 is 1.76. The van der Waals surface area contributed by atoms with Gasteiger partial charge in [0.15, 0.2) is 0 Å². The first-order valence-corrected chi connectivity index (χ1v) is 7.20. The lowest BCUT2D eigenvalue weighted by Gasteiger charge is -2.26. The van der Waals surface area contributed by atoms with Gasteiger partial charge in [-0.3, -0.25) is 9.58 Å². The first-order valence-electron chi connectivity index (χ1n) is 6.32. The van der Waals surface area contributed by atoms with E-state index in [4.69, 9.17) is 0 Å². The molecule has 0 amide bonds. The summed E-state index contributed by atoms with van der Waals surface area (Å²) in [5.74, 6) is 0. The van der Waals surface area contributed by atoms with Gasteiger partial charge in [-0.1, -0.05) is 6.07 Å². The zero-order chi connectivity index (χ0) is 12.4. The van der Waals surface area contributed by atoms with Crippen molar-refractivity contribution < 1.29 is 0 Å². The topological polar surface area (TPSA) is 33.1 Å². The summed E-state index contributed by atoms with van der Waals surface area (Å²) in [5, 5.41) is 10.1. The van der Waals surface area contributed by atoms with Crippen molar-refractivity contribution in [1.82, 2.24) is 20.0 Å². The molecule has 4 nitrogen and oxygen atoms in total. The van der Waals surface area contributed by atoms with Crippen LogP contribution in [0.2, 0.25) is 0 Å². The summed E-state index contributed by atoms with van der Waals surface area (Å²) in [6.45, 7) is 5.43. The van der Waals surface area contributed by atoms with Crippen LogP contribution in [0.15, 0.2) is 23.7 Å². The molecule has 0 bridgehead atoms. The number of thiophene rings is 1. The van der Waals surface area contributed by atoms with Crippen LogP contribution >= 0.6 is 11.3 Å². The van der Waals surface area contributed by atoms with Crippen LogP contribution in [-0.4, -0.2) is 40.9 Å². The standard InChI is InChI=1S/C13H18N4S/c1-16-9-11(10-17-6-4-14-5-7-17)13(15-16)12-3-2-8-18-12/h2-3,8-9,14H,4-7,10H2,1H3. The molecule has 0 unspecified atom stereocenters. The summed E-state index contributed by atoms with van der Waals surface area (Å²) in [4.78, 5) is 3.76. The molecule has 3 heterocycles. The number of aromatic nitrogens is 2. The van der Waals surface area contributed by atoms with Gasteiger partial charge >= 0.3 is 0 Å². The van der Waals surface area contributed by atoms with Gasteiger partial charge in [0.1, 0.15) is 5.69 Å². The van der Waals surface area contributed by atoms with Crippen molar-refractivity contribution in [2.75, 3.05) is 26.2 Å². The van der Waals surface area contributed by atoms with E-state index in [-0.39, 0.29) is 0 Å². The zero-order valence-corrected chi connectivity index (χ0v) is 11.4. The van der Waals surface area contributed by atoms with Crippen molar-refractivity contribution in [3.63, 3.8) is 0 Å². The van der Waals surface area contributed by atoms with E-state index in [0.29, 0.717) is 0 Å². The Morgan fingerprint density at radius 2 is 2.22 bits per heavy atom. The number of nitrogens with zero attached hydrogens (tertiary/aromatic N) is 3.